The molecule has 0 radical (unpaired) electrons. The van der Waals surface area contributed by atoms with Crippen LogP contribution in [-0.4, -0.2) is 46.6 Å². The quantitative estimate of drug-likeness (QED) is 0.861. The van der Waals surface area contributed by atoms with Gasteiger partial charge in [-0.25, -0.2) is 9.37 Å². The van der Waals surface area contributed by atoms with E-state index in [9.17, 15) is 14.3 Å². The molecule has 0 aliphatic carbocycles. The summed E-state index contributed by atoms with van der Waals surface area (Å²) in [4.78, 5) is 17.5. The van der Waals surface area contributed by atoms with E-state index in [2.05, 4.69) is 10.3 Å². The highest BCUT2D eigenvalue weighted by Crippen LogP contribution is 2.19. The topological polar surface area (TPSA) is 65.5 Å². The lowest BCUT2D eigenvalue weighted by molar-refractivity contribution is 0.0760. The fourth-order valence-electron chi connectivity index (χ4n) is 2.07. The molecule has 1 aliphatic rings. The van der Waals surface area contributed by atoms with Crippen LogP contribution in [0.15, 0.2) is 12.3 Å². The summed E-state index contributed by atoms with van der Waals surface area (Å²) < 4.78 is 14.2. The maximum atomic E-state index is 14.2. The Kier molecular flexibility index (Phi) is 4.31. The second-order valence-electron chi connectivity index (χ2n) is 4.64. The van der Waals surface area contributed by atoms with Crippen molar-refractivity contribution >= 4 is 11.7 Å². The number of carbonyl (C=O) groups is 1. The maximum absolute atomic E-state index is 14.2. The van der Waals surface area contributed by atoms with Crippen molar-refractivity contribution in [2.75, 3.05) is 25.0 Å². The molecule has 0 aromatic carbocycles. The first-order valence-electron chi connectivity index (χ1n) is 6.49. The van der Waals surface area contributed by atoms with Gasteiger partial charge in [-0.05, 0) is 18.9 Å². The van der Waals surface area contributed by atoms with Crippen molar-refractivity contribution in [1.82, 2.24) is 9.88 Å². The standard InChI is InChI=1S/C13H18FN3O2/c1-2-5-15-12-11(14)10(3-6-16-12)13(19)17-7-4-9(18)8-17/h3,6,9,18H,2,4-5,7-8H2,1H3,(H,15,16). The number of halogens is 1. The molecular weight excluding hydrogens is 249 g/mol. The van der Waals surface area contributed by atoms with Crippen molar-refractivity contribution in [1.29, 1.82) is 0 Å². The van der Waals surface area contributed by atoms with E-state index in [1.54, 1.807) is 0 Å². The van der Waals surface area contributed by atoms with Gasteiger partial charge >= 0.3 is 0 Å². The van der Waals surface area contributed by atoms with Crippen LogP contribution in [0, 0.1) is 5.82 Å². The van der Waals surface area contributed by atoms with Gasteiger partial charge in [0.2, 0.25) is 0 Å². The molecule has 1 aromatic heterocycles. The minimum atomic E-state index is -0.623. The summed E-state index contributed by atoms with van der Waals surface area (Å²) in [6.07, 6.45) is 2.30. The second kappa shape index (κ2) is 5.97. The molecule has 2 N–H and O–H groups in total. The Balaban J connectivity index is 2.17. The van der Waals surface area contributed by atoms with Crippen LogP contribution in [0.3, 0.4) is 0 Å². The average Bonchev–Trinajstić information content (AvgIpc) is 2.83. The van der Waals surface area contributed by atoms with Crippen molar-refractivity contribution in [2.45, 2.75) is 25.9 Å². The van der Waals surface area contributed by atoms with E-state index in [1.807, 2.05) is 6.92 Å². The number of aliphatic hydroxyl groups excluding tert-OH is 1. The van der Waals surface area contributed by atoms with Crippen LogP contribution in [0.2, 0.25) is 0 Å². The smallest absolute Gasteiger partial charge is 0.257 e. The first-order valence-corrected chi connectivity index (χ1v) is 6.49. The Bertz CT molecular complexity index is 467. The lowest BCUT2D eigenvalue weighted by Crippen LogP contribution is -2.30. The summed E-state index contributed by atoms with van der Waals surface area (Å²) in [6.45, 7) is 3.29. The number of likely N-dealkylation sites (tertiary alicyclic amines) is 1. The average molecular weight is 267 g/mol. The monoisotopic (exact) mass is 267 g/mol. The lowest BCUT2D eigenvalue weighted by atomic mass is 10.2. The summed E-state index contributed by atoms with van der Waals surface area (Å²) >= 11 is 0. The van der Waals surface area contributed by atoms with Gasteiger partial charge < -0.3 is 15.3 Å². The highest BCUT2D eigenvalue weighted by atomic mass is 19.1. The number of rotatable bonds is 4. The van der Waals surface area contributed by atoms with Crippen LogP contribution in [-0.2, 0) is 0 Å². The van der Waals surface area contributed by atoms with Gasteiger partial charge in [0.05, 0.1) is 11.7 Å². The van der Waals surface area contributed by atoms with E-state index >= 15 is 0 Å². The highest BCUT2D eigenvalue weighted by Gasteiger charge is 2.27. The van der Waals surface area contributed by atoms with Crippen LogP contribution in [0.4, 0.5) is 10.2 Å². The number of nitrogens with one attached hydrogen (secondary N) is 1. The molecule has 1 saturated heterocycles. The Labute approximate surface area is 111 Å². The number of β-amino-alcohol motifs (C(OH)–C–C–N with tert-alkyl or cyclic N) is 1. The van der Waals surface area contributed by atoms with Gasteiger partial charge in [0, 0.05) is 25.8 Å². The molecule has 19 heavy (non-hydrogen) atoms. The van der Waals surface area contributed by atoms with Gasteiger partial charge in [-0.2, -0.15) is 0 Å². The third-order valence-electron chi connectivity index (χ3n) is 3.11. The molecule has 6 heteroatoms. The van der Waals surface area contributed by atoms with Crippen LogP contribution in [0.1, 0.15) is 30.1 Å². The molecule has 0 bridgehead atoms. The lowest BCUT2D eigenvalue weighted by Gasteiger charge is -2.16. The Morgan fingerprint density at radius 2 is 2.47 bits per heavy atom. The third-order valence-corrected chi connectivity index (χ3v) is 3.11. The number of aromatic nitrogens is 1. The predicted octanol–water partition coefficient (Wildman–Crippen LogP) is 1.25. The van der Waals surface area contributed by atoms with Gasteiger partial charge in [0.1, 0.15) is 0 Å². The van der Waals surface area contributed by atoms with E-state index < -0.39 is 17.8 Å². The Morgan fingerprint density at radius 1 is 1.68 bits per heavy atom. The summed E-state index contributed by atoms with van der Waals surface area (Å²) in [5.74, 6) is -0.911. The van der Waals surface area contributed by atoms with Gasteiger partial charge in [-0.3, -0.25) is 4.79 Å². The Hall–Kier alpha value is -1.69. The van der Waals surface area contributed by atoms with Gasteiger partial charge in [-0.1, -0.05) is 6.92 Å². The van der Waals surface area contributed by atoms with E-state index in [4.69, 9.17) is 0 Å². The van der Waals surface area contributed by atoms with Crippen molar-refractivity contribution in [3.63, 3.8) is 0 Å². The first kappa shape index (κ1) is 13.7. The second-order valence-corrected chi connectivity index (χ2v) is 4.64. The van der Waals surface area contributed by atoms with Crippen LogP contribution in [0.25, 0.3) is 0 Å². The van der Waals surface area contributed by atoms with Crippen molar-refractivity contribution < 1.29 is 14.3 Å². The number of aliphatic hydroxyl groups is 1. The molecule has 2 rings (SSSR count). The fraction of sp³-hybridized carbons (Fsp3) is 0.538. The largest absolute Gasteiger partial charge is 0.391 e. The molecule has 1 aromatic rings. The predicted molar refractivity (Wildman–Crippen MR) is 69.5 cm³/mol. The van der Waals surface area contributed by atoms with Crippen molar-refractivity contribution in [3.05, 3.63) is 23.6 Å². The van der Waals surface area contributed by atoms with Gasteiger partial charge in [0.25, 0.3) is 5.91 Å². The molecule has 1 atom stereocenters. The zero-order chi connectivity index (χ0) is 13.8. The maximum Gasteiger partial charge on any atom is 0.257 e. The number of carbonyl (C=O) groups excluding carboxylic acids is 1. The number of nitrogens with zero attached hydrogens (tertiary/aromatic N) is 2. The van der Waals surface area contributed by atoms with Crippen LogP contribution in [0.5, 0.6) is 0 Å². The number of pyridine rings is 1. The van der Waals surface area contributed by atoms with Crippen LogP contribution < -0.4 is 5.32 Å². The highest BCUT2D eigenvalue weighted by molar-refractivity contribution is 5.95. The van der Waals surface area contributed by atoms with Crippen molar-refractivity contribution in [2.24, 2.45) is 0 Å². The minimum absolute atomic E-state index is 0.00250. The molecule has 1 amide bonds. The summed E-state index contributed by atoms with van der Waals surface area (Å²) in [6, 6.07) is 1.37. The van der Waals surface area contributed by atoms with E-state index in [0.717, 1.165) is 6.42 Å². The molecule has 0 saturated carbocycles. The molecule has 0 spiro atoms. The zero-order valence-corrected chi connectivity index (χ0v) is 10.9. The summed E-state index contributed by atoms with van der Waals surface area (Å²) in [5, 5.41) is 12.3. The number of amides is 1. The molecule has 2 heterocycles. The SMILES string of the molecule is CCCNc1nccc(C(=O)N2CCC(O)C2)c1F. The van der Waals surface area contributed by atoms with Gasteiger partial charge in [-0.15, -0.1) is 0 Å². The van der Waals surface area contributed by atoms with E-state index in [1.165, 1.54) is 17.2 Å². The fourth-order valence-corrected chi connectivity index (χ4v) is 2.07. The van der Waals surface area contributed by atoms with E-state index in [0.29, 0.717) is 19.5 Å². The van der Waals surface area contributed by atoms with Gasteiger partial charge in [0.15, 0.2) is 11.6 Å². The van der Waals surface area contributed by atoms with Crippen molar-refractivity contribution in [3.8, 4) is 0 Å². The summed E-state index contributed by atoms with van der Waals surface area (Å²) in [5.41, 5.74) is 0.00250. The van der Waals surface area contributed by atoms with Crippen LogP contribution >= 0.6 is 0 Å². The molecule has 5 nitrogen and oxygen atoms in total. The molecular formula is C13H18FN3O2. The molecule has 1 unspecified atom stereocenters. The van der Waals surface area contributed by atoms with E-state index in [-0.39, 0.29) is 17.9 Å². The summed E-state index contributed by atoms with van der Waals surface area (Å²) in [7, 11) is 0. The number of anilines is 1. The first-order chi connectivity index (χ1) is 9.13. The molecule has 1 fully saturated rings. The zero-order valence-electron chi connectivity index (χ0n) is 10.9. The molecule has 1 aliphatic heterocycles. The number of hydrogen-bond donors (Lipinski definition) is 2. The Morgan fingerprint density at radius 3 is 3.11 bits per heavy atom. The normalized spacial score (nSPS) is 18.7. The minimum Gasteiger partial charge on any atom is -0.391 e. The molecule has 104 valence electrons. The number of hydrogen-bond acceptors (Lipinski definition) is 4. The third kappa shape index (κ3) is 3.01.